The molecule has 0 aromatic heterocycles. The number of aliphatic imine (C=N–C) groups is 1. The molecular formula is C21H26N2O3S2. The van der Waals surface area contributed by atoms with Crippen molar-refractivity contribution in [2.75, 3.05) is 11.5 Å². The van der Waals surface area contributed by atoms with Gasteiger partial charge < -0.3 is 4.90 Å². The summed E-state index contributed by atoms with van der Waals surface area (Å²) in [6.45, 7) is 0. The Bertz CT molecular complexity index is 899. The Kier molecular flexibility index (Phi) is 4.78. The third-order valence-electron chi connectivity index (χ3n) is 6.86. The van der Waals surface area contributed by atoms with Crippen LogP contribution in [-0.2, 0) is 21.1 Å². The van der Waals surface area contributed by atoms with Gasteiger partial charge in [-0.15, -0.1) is 0 Å². The first kappa shape index (κ1) is 18.7. The molecule has 5 rings (SSSR count). The van der Waals surface area contributed by atoms with Gasteiger partial charge in [-0.25, -0.2) is 8.42 Å². The lowest BCUT2D eigenvalue weighted by Crippen LogP contribution is -2.47. The molecule has 0 spiro atoms. The van der Waals surface area contributed by atoms with Gasteiger partial charge in [-0.3, -0.25) is 4.79 Å². The van der Waals surface area contributed by atoms with Crippen molar-refractivity contribution < 1.29 is 13.2 Å². The first-order valence-corrected chi connectivity index (χ1v) is 13.0. The molecule has 0 radical (unpaired) electrons. The van der Waals surface area contributed by atoms with Crippen LogP contribution in [0, 0.1) is 11.8 Å². The molecule has 5 nitrogen and oxygen atoms in total. The van der Waals surface area contributed by atoms with E-state index < -0.39 is 9.84 Å². The number of fused-ring (bicyclic) bond motifs is 3. The summed E-state index contributed by atoms with van der Waals surface area (Å²) in [4.78, 5) is 19.4. The summed E-state index contributed by atoms with van der Waals surface area (Å²) in [5, 5.41) is 0.824. The second-order valence-corrected chi connectivity index (χ2v) is 12.1. The molecule has 4 fully saturated rings. The van der Waals surface area contributed by atoms with Crippen LogP contribution in [0.1, 0.15) is 37.7 Å². The lowest BCUT2D eigenvalue weighted by atomic mass is 9.93. The largest absolute Gasteiger partial charge is 0.343 e. The molecule has 28 heavy (non-hydrogen) atoms. The van der Waals surface area contributed by atoms with Crippen LogP contribution in [0.15, 0.2) is 35.3 Å². The number of benzene rings is 1. The van der Waals surface area contributed by atoms with Gasteiger partial charge in [0.15, 0.2) is 15.0 Å². The van der Waals surface area contributed by atoms with Crippen molar-refractivity contribution in [3.8, 4) is 0 Å². The van der Waals surface area contributed by atoms with Crippen molar-refractivity contribution >= 4 is 32.7 Å². The van der Waals surface area contributed by atoms with Crippen molar-refractivity contribution in [3.63, 3.8) is 0 Å². The summed E-state index contributed by atoms with van der Waals surface area (Å²) in [5.74, 6) is 1.75. The third-order valence-corrected chi connectivity index (χ3v) is 10.1. The highest BCUT2D eigenvalue weighted by Gasteiger charge is 2.54. The molecule has 5 atom stereocenters. The highest BCUT2D eigenvalue weighted by atomic mass is 32.2. The zero-order chi connectivity index (χ0) is 19.3. The summed E-state index contributed by atoms with van der Waals surface area (Å²) in [6, 6.07) is 10.4. The van der Waals surface area contributed by atoms with Gasteiger partial charge in [0.05, 0.1) is 17.5 Å². The maximum absolute atomic E-state index is 12.6. The van der Waals surface area contributed by atoms with Gasteiger partial charge in [-0.05, 0) is 43.1 Å². The average Bonchev–Trinajstić information content (AvgIpc) is 3.40. The summed E-state index contributed by atoms with van der Waals surface area (Å²) in [6.07, 6.45) is 6.01. The molecule has 150 valence electrons. The van der Waals surface area contributed by atoms with Crippen molar-refractivity contribution in [1.82, 2.24) is 4.90 Å². The van der Waals surface area contributed by atoms with Crippen LogP contribution < -0.4 is 0 Å². The van der Waals surface area contributed by atoms with E-state index in [1.54, 1.807) is 0 Å². The number of amidine groups is 1. The molecule has 0 unspecified atom stereocenters. The monoisotopic (exact) mass is 418 g/mol. The van der Waals surface area contributed by atoms with Gasteiger partial charge in [0.1, 0.15) is 0 Å². The Labute approximate surface area is 170 Å². The van der Waals surface area contributed by atoms with Crippen LogP contribution in [0.25, 0.3) is 0 Å². The zero-order valence-electron chi connectivity index (χ0n) is 15.9. The van der Waals surface area contributed by atoms with Gasteiger partial charge in [-0.2, -0.15) is 4.99 Å². The number of hydrogen-bond donors (Lipinski definition) is 0. The van der Waals surface area contributed by atoms with Crippen LogP contribution in [-0.4, -0.2) is 53.2 Å². The minimum atomic E-state index is -2.98. The number of aryl methyl sites for hydroxylation is 1. The van der Waals surface area contributed by atoms with Gasteiger partial charge in [0, 0.05) is 17.7 Å². The summed E-state index contributed by atoms with van der Waals surface area (Å²) in [7, 11) is -2.98. The van der Waals surface area contributed by atoms with E-state index in [0.29, 0.717) is 24.8 Å². The molecule has 2 saturated carbocycles. The number of carbonyl (C=O) groups excluding carboxylic acids is 1. The molecule has 4 aliphatic rings. The molecule has 1 aromatic carbocycles. The minimum Gasteiger partial charge on any atom is -0.343 e. The first-order valence-electron chi connectivity index (χ1n) is 10.3. The summed E-state index contributed by atoms with van der Waals surface area (Å²) in [5.41, 5.74) is 1.14. The van der Waals surface area contributed by atoms with Gasteiger partial charge in [-0.1, -0.05) is 48.5 Å². The molecule has 0 N–H and O–H groups in total. The van der Waals surface area contributed by atoms with Gasteiger partial charge in [0.2, 0.25) is 5.91 Å². The lowest BCUT2D eigenvalue weighted by molar-refractivity contribution is -0.117. The van der Waals surface area contributed by atoms with E-state index in [2.05, 4.69) is 9.89 Å². The molecular weight excluding hydrogens is 392 g/mol. The van der Waals surface area contributed by atoms with Crippen molar-refractivity contribution in [1.29, 1.82) is 0 Å². The summed E-state index contributed by atoms with van der Waals surface area (Å²) >= 11 is 1.53. The van der Waals surface area contributed by atoms with Crippen LogP contribution in [0.2, 0.25) is 0 Å². The van der Waals surface area contributed by atoms with Gasteiger partial charge in [0.25, 0.3) is 0 Å². The van der Waals surface area contributed by atoms with E-state index >= 15 is 0 Å². The number of thioether (sulfide) groups is 1. The topological polar surface area (TPSA) is 66.8 Å². The Balaban J connectivity index is 1.35. The van der Waals surface area contributed by atoms with Crippen LogP contribution >= 0.6 is 11.8 Å². The number of hydrogen-bond acceptors (Lipinski definition) is 4. The van der Waals surface area contributed by atoms with E-state index in [-0.39, 0.29) is 28.7 Å². The quantitative estimate of drug-likeness (QED) is 0.752. The molecule has 2 bridgehead atoms. The van der Waals surface area contributed by atoms with Gasteiger partial charge >= 0.3 is 0 Å². The average molecular weight is 419 g/mol. The fourth-order valence-electron chi connectivity index (χ4n) is 5.59. The fourth-order valence-corrected chi connectivity index (χ4v) is 9.58. The smallest absolute Gasteiger partial charge is 0.248 e. The highest BCUT2D eigenvalue weighted by Crippen LogP contribution is 2.51. The third kappa shape index (κ3) is 3.52. The number of nitrogens with zero attached hydrogens (tertiary/aromatic N) is 2. The Morgan fingerprint density at radius 1 is 1.11 bits per heavy atom. The Morgan fingerprint density at radius 3 is 2.64 bits per heavy atom. The molecule has 1 amide bonds. The van der Waals surface area contributed by atoms with E-state index in [1.807, 2.05) is 30.3 Å². The second kappa shape index (κ2) is 7.17. The maximum Gasteiger partial charge on any atom is 0.248 e. The van der Waals surface area contributed by atoms with Crippen LogP contribution in [0.3, 0.4) is 0 Å². The Hall–Kier alpha value is -1.34. The number of sulfone groups is 1. The lowest BCUT2D eigenvalue weighted by Gasteiger charge is -2.36. The van der Waals surface area contributed by atoms with E-state index in [4.69, 9.17) is 0 Å². The molecule has 2 aliphatic heterocycles. The predicted octanol–water partition coefficient (Wildman–Crippen LogP) is 2.90. The normalized spacial score (nSPS) is 36.9. The number of rotatable bonds is 4. The van der Waals surface area contributed by atoms with E-state index in [9.17, 15) is 13.2 Å². The molecule has 1 aromatic rings. The second-order valence-electron chi connectivity index (χ2n) is 8.72. The van der Waals surface area contributed by atoms with Crippen LogP contribution in [0.4, 0.5) is 0 Å². The van der Waals surface area contributed by atoms with Crippen molar-refractivity contribution in [3.05, 3.63) is 35.9 Å². The van der Waals surface area contributed by atoms with E-state index in [0.717, 1.165) is 23.1 Å². The van der Waals surface area contributed by atoms with E-state index in [1.165, 1.54) is 31.0 Å². The van der Waals surface area contributed by atoms with Crippen molar-refractivity contribution in [2.45, 2.75) is 55.9 Å². The number of amides is 1. The maximum atomic E-state index is 12.6. The van der Waals surface area contributed by atoms with Crippen LogP contribution in [0.5, 0.6) is 0 Å². The Morgan fingerprint density at radius 2 is 1.93 bits per heavy atom. The molecule has 2 heterocycles. The highest BCUT2D eigenvalue weighted by molar-refractivity contribution is 8.15. The number of carbonyl (C=O) groups is 1. The SMILES string of the molecule is O=C(CCc1ccccc1)N=C1S[C@@H]2CS(=O)(=O)C[C@@H]2N1[C@H]1C[C@H]2CC[C@H]1C2. The summed E-state index contributed by atoms with van der Waals surface area (Å²) < 4.78 is 24.4. The molecule has 7 heteroatoms. The standard InChI is InChI=1S/C21H26N2O3S2/c24-20(9-7-14-4-2-1-3-5-14)22-21-23(17-11-15-6-8-16(17)10-15)18-12-28(25,26)13-19(18)27-21/h1-5,15-19H,6-13H2/t15-,16-,17-,18-,19+/m0/s1. The first-order chi connectivity index (χ1) is 13.5. The zero-order valence-corrected chi connectivity index (χ0v) is 17.5. The fraction of sp³-hybridized carbons (Fsp3) is 0.619. The minimum absolute atomic E-state index is 0.0000216. The predicted molar refractivity (Wildman–Crippen MR) is 112 cm³/mol. The molecule has 2 aliphatic carbocycles. The van der Waals surface area contributed by atoms with Crippen molar-refractivity contribution in [2.24, 2.45) is 16.8 Å². The molecule has 2 saturated heterocycles.